The van der Waals surface area contributed by atoms with Crippen LogP contribution in [-0.2, 0) is 0 Å². The monoisotopic (exact) mass is 313 g/mol. The molecular weight excluding hydrogens is 286 g/mol. The van der Waals surface area contributed by atoms with Crippen LogP contribution >= 0.6 is 0 Å². The molecule has 1 N–H and O–H groups in total. The standard InChI is InChI=1S/C20H27NO2/c1-5-20(4,6-2)23-19-14-10-17(11-15-19)21-16-8-12-18(13-9-16)22-7-3/h8-15,21H,5-7H2,1-4H3. The van der Waals surface area contributed by atoms with Crippen molar-refractivity contribution >= 4 is 11.4 Å². The Labute approximate surface area is 139 Å². The molecule has 2 aromatic rings. The lowest BCUT2D eigenvalue weighted by molar-refractivity contribution is 0.0803. The molecule has 0 aliphatic heterocycles. The fourth-order valence-corrected chi connectivity index (χ4v) is 2.25. The molecule has 0 saturated heterocycles. The Bertz CT molecular complexity index is 586. The topological polar surface area (TPSA) is 30.5 Å². The first-order valence-electron chi connectivity index (χ1n) is 8.37. The van der Waals surface area contributed by atoms with Crippen molar-refractivity contribution in [3.05, 3.63) is 48.5 Å². The molecule has 2 rings (SSSR count). The lowest BCUT2D eigenvalue weighted by Crippen LogP contribution is -2.30. The molecule has 0 radical (unpaired) electrons. The summed E-state index contributed by atoms with van der Waals surface area (Å²) in [6.07, 6.45) is 1.99. The van der Waals surface area contributed by atoms with Crippen LogP contribution in [0.25, 0.3) is 0 Å². The Kier molecular flexibility index (Phi) is 5.91. The highest BCUT2D eigenvalue weighted by Crippen LogP contribution is 2.26. The van der Waals surface area contributed by atoms with Crippen LogP contribution in [0.15, 0.2) is 48.5 Å². The van der Waals surface area contributed by atoms with Crippen molar-refractivity contribution in [2.45, 2.75) is 46.1 Å². The smallest absolute Gasteiger partial charge is 0.120 e. The van der Waals surface area contributed by atoms with Crippen molar-refractivity contribution in [3.8, 4) is 11.5 Å². The van der Waals surface area contributed by atoms with Crippen molar-refractivity contribution in [3.63, 3.8) is 0 Å². The van der Waals surface area contributed by atoms with Gasteiger partial charge in [0.2, 0.25) is 0 Å². The molecular formula is C20H27NO2. The first kappa shape index (κ1) is 17.2. The van der Waals surface area contributed by atoms with Gasteiger partial charge in [-0.15, -0.1) is 0 Å². The van der Waals surface area contributed by atoms with Crippen molar-refractivity contribution in [1.82, 2.24) is 0 Å². The number of nitrogens with one attached hydrogen (secondary N) is 1. The van der Waals surface area contributed by atoms with Crippen molar-refractivity contribution in [2.24, 2.45) is 0 Å². The van der Waals surface area contributed by atoms with Gasteiger partial charge in [0.15, 0.2) is 0 Å². The summed E-state index contributed by atoms with van der Waals surface area (Å²) in [4.78, 5) is 0. The molecule has 3 heteroatoms. The quantitative estimate of drug-likeness (QED) is 0.669. The summed E-state index contributed by atoms with van der Waals surface area (Å²) in [5, 5.41) is 3.38. The second-order valence-electron chi connectivity index (χ2n) is 5.87. The third-order valence-electron chi connectivity index (χ3n) is 4.17. The summed E-state index contributed by atoms with van der Waals surface area (Å²) in [5.41, 5.74) is 1.98. The average Bonchev–Trinajstić information content (AvgIpc) is 2.58. The highest BCUT2D eigenvalue weighted by molar-refractivity contribution is 5.61. The maximum absolute atomic E-state index is 6.10. The van der Waals surface area contributed by atoms with Gasteiger partial charge in [0, 0.05) is 11.4 Å². The lowest BCUT2D eigenvalue weighted by atomic mass is 10.00. The molecule has 0 fully saturated rings. The lowest BCUT2D eigenvalue weighted by Gasteiger charge is -2.28. The van der Waals surface area contributed by atoms with Gasteiger partial charge in [0.1, 0.15) is 17.1 Å². The van der Waals surface area contributed by atoms with E-state index >= 15 is 0 Å². The minimum Gasteiger partial charge on any atom is -0.494 e. The van der Waals surface area contributed by atoms with Gasteiger partial charge in [-0.25, -0.2) is 0 Å². The van der Waals surface area contributed by atoms with Crippen molar-refractivity contribution in [1.29, 1.82) is 0 Å². The van der Waals surface area contributed by atoms with E-state index < -0.39 is 0 Å². The Morgan fingerprint density at radius 2 is 1.26 bits per heavy atom. The zero-order chi connectivity index (χ0) is 16.7. The number of ether oxygens (including phenoxy) is 2. The number of hydrogen-bond acceptors (Lipinski definition) is 3. The van der Waals surface area contributed by atoms with E-state index in [1.165, 1.54) is 0 Å². The van der Waals surface area contributed by atoms with Gasteiger partial charge in [-0.3, -0.25) is 0 Å². The molecule has 0 heterocycles. The van der Waals surface area contributed by atoms with Crippen molar-refractivity contribution in [2.75, 3.05) is 11.9 Å². The summed E-state index contributed by atoms with van der Waals surface area (Å²) < 4.78 is 11.6. The van der Waals surface area contributed by atoms with E-state index in [-0.39, 0.29) is 5.60 Å². The van der Waals surface area contributed by atoms with Crippen molar-refractivity contribution < 1.29 is 9.47 Å². The number of anilines is 2. The van der Waals surface area contributed by atoms with Crippen LogP contribution in [0.3, 0.4) is 0 Å². The van der Waals surface area contributed by atoms with Crippen LogP contribution in [0.5, 0.6) is 11.5 Å². The molecule has 124 valence electrons. The second-order valence-corrected chi connectivity index (χ2v) is 5.87. The molecule has 0 amide bonds. The Balaban J connectivity index is 1.99. The SMILES string of the molecule is CCOc1ccc(Nc2ccc(OC(C)(CC)CC)cc2)cc1. The van der Waals surface area contributed by atoms with Gasteiger partial charge in [0.25, 0.3) is 0 Å². The van der Waals surface area contributed by atoms with E-state index in [1.54, 1.807) is 0 Å². The van der Waals surface area contributed by atoms with Gasteiger partial charge < -0.3 is 14.8 Å². The van der Waals surface area contributed by atoms with Gasteiger partial charge in [0.05, 0.1) is 6.61 Å². The van der Waals surface area contributed by atoms with Gasteiger partial charge in [-0.2, -0.15) is 0 Å². The Morgan fingerprint density at radius 3 is 1.70 bits per heavy atom. The van der Waals surface area contributed by atoms with Gasteiger partial charge in [-0.05, 0) is 75.2 Å². The molecule has 3 nitrogen and oxygen atoms in total. The fourth-order valence-electron chi connectivity index (χ4n) is 2.25. The molecule has 0 saturated carbocycles. The van der Waals surface area contributed by atoms with Crippen LogP contribution in [0.4, 0.5) is 11.4 Å². The summed E-state index contributed by atoms with van der Waals surface area (Å²) in [5.74, 6) is 1.80. The van der Waals surface area contributed by atoms with E-state index in [4.69, 9.17) is 9.47 Å². The number of rotatable bonds is 8. The zero-order valence-corrected chi connectivity index (χ0v) is 14.6. The summed E-state index contributed by atoms with van der Waals surface area (Å²) in [6.45, 7) is 9.14. The highest BCUT2D eigenvalue weighted by atomic mass is 16.5. The normalized spacial score (nSPS) is 11.1. The third-order valence-corrected chi connectivity index (χ3v) is 4.17. The summed E-state index contributed by atoms with van der Waals surface area (Å²) in [7, 11) is 0. The maximum Gasteiger partial charge on any atom is 0.120 e. The largest absolute Gasteiger partial charge is 0.494 e. The minimum atomic E-state index is -0.0932. The Morgan fingerprint density at radius 1 is 0.783 bits per heavy atom. The summed E-state index contributed by atoms with van der Waals surface area (Å²) in [6, 6.07) is 16.1. The average molecular weight is 313 g/mol. The Hall–Kier alpha value is -2.16. The molecule has 0 spiro atoms. The van der Waals surface area contributed by atoms with Crippen LogP contribution in [-0.4, -0.2) is 12.2 Å². The number of benzene rings is 2. The molecule has 0 atom stereocenters. The van der Waals surface area contributed by atoms with Crippen LogP contribution in [0, 0.1) is 0 Å². The molecule has 2 aromatic carbocycles. The first-order valence-corrected chi connectivity index (χ1v) is 8.37. The van der Waals surface area contributed by atoms with E-state index in [9.17, 15) is 0 Å². The van der Waals surface area contributed by atoms with Gasteiger partial charge >= 0.3 is 0 Å². The van der Waals surface area contributed by atoms with E-state index in [1.807, 2.05) is 55.5 Å². The van der Waals surface area contributed by atoms with E-state index in [0.29, 0.717) is 6.61 Å². The minimum absolute atomic E-state index is 0.0932. The molecule has 23 heavy (non-hydrogen) atoms. The maximum atomic E-state index is 6.10. The van der Waals surface area contributed by atoms with E-state index in [0.717, 1.165) is 35.7 Å². The van der Waals surface area contributed by atoms with Gasteiger partial charge in [-0.1, -0.05) is 13.8 Å². The molecule has 0 aliphatic rings. The predicted octanol–water partition coefficient (Wildman–Crippen LogP) is 5.79. The second kappa shape index (κ2) is 7.91. The molecule has 0 aromatic heterocycles. The van der Waals surface area contributed by atoms with Crippen LogP contribution in [0.1, 0.15) is 40.5 Å². The predicted molar refractivity (Wildman–Crippen MR) is 97.0 cm³/mol. The third kappa shape index (κ3) is 4.92. The van der Waals surface area contributed by atoms with Crippen LogP contribution in [0.2, 0.25) is 0 Å². The number of hydrogen-bond donors (Lipinski definition) is 1. The fraction of sp³-hybridized carbons (Fsp3) is 0.400. The zero-order valence-electron chi connectivity index (χ0n) is 14.6. The highest BCUT2D eigenvalue weighted by Gasteiger charge is 2.21. The summed E-state index contributed by atoms with van der Waals surface area (Å²) >= 11 is 0. The molecule has 0 bridgehead atoms. The van der Waals surface area contributed by atoms with E-state index in [2.05, 4.69) is 26.1 Å². The first-order chi connectivity index (χ1) is 11.1. The molecule has 0 aliphatic carbocycles. The van der Waals surface area contributed by atoms with Crippen LogP contribution < -0.4 is 14.8 Å². The molecule has 0 unspecified atom stereocenters.